The van der Waals surface area contributed by atoms with E-state index in [4.69, 9.17) is 14.5 Å². The third kappa shape index (κ3) is 4.66. The van der Waals surface area contributed by atoms with Crippen molar-refractivity contribution in [2.24, 2.45) is 7.05 Å². The summed E-state index contributed by atoms with van der Waals surface area (Å²) >= 11 is 0. The van der Waals surface area contributed by atoms with Crippen molar-refractivity contribution in [1.82, 2.24) is 19.7 Å². The molecular weight excluding hydrogens is 402 g/mol. The van der Waals surface area contributed by atoms with Gasteiger partial charge in [-0.15, -0.1) is 0 Å². The van der Waals surface area contributed by atoms with Crippen LogP contribution in [0.5, 0.6) is 11.5 Å². The van der Waals surface area contributed by atoms with Crippen LogP contribution >= 0.6 is 0 Å². The summed E-state index contributed by atoms with van der Waals surface area (Å²) in [5.74, 6) is 1.53. The second-order valence-electron chi connectivity index (χ2n) is 7.76. The zero-order valence-electron chi connectivity index (χ0n) is 19.1. The molecule has 0 radical (unpaired) electrons. The minimum atomic E-state index is 0.763. The van der Waals surface area contributed by atoms with Gasteiger partial charge in [-0.1, -0.05) is 19.8 Å². The van der Waals surface area contributed by atoms with Crippen LogP contribution in [0.15, 0.2) is 55.0 Å². The molecule has 0 N–H and O–H groups in total. The molecule has 4 rings (SSSR count). The van der Waals surface area contributed by atoms with Gasteiger partial charge in [-0.2, -0.15) is 5.10 Å². The molecule has 32 heavy (non-hydrogen) atoms. The predicted octanol–water partition coefficient (Wildman–Crippen LogP) is 5.38. The average Bonchev–Trinajstić information content (AvgIpc) is 3.27. The van der Waals surface area contributed by atoms with Crippen molar-refractivity contribution in [3.05, 3.63) is 55.0 Å². The van der Waals surface area contributed by atoms with Gasteiger partial charge in [-0.3, -0.25) is 9.67 Å². The highest BCUT2D eigenvalue weighted by molar-refractivity contribution is 5.82. The summed E-state index contributed by atoms with van der Waals surface area (Å²) in [5.41, 5.74) is 5.54. The molecule has 166 valence electrons. The second-order valence-corrected chi connectivity index (χ2v) is 7.76. The molecule has 0 aliphatic rings. The Labute approximate surface area is 188 Å². The first-order chi connectivity index (χ1) is 15.6. The zero-order valence-corrected chi connectivity index (χ0v) is 19.1. The van der Waals surface area contributed by atoms with E-state index in [-0.39, 0.29) is 0 Å². The third-order valence-electron chi connectivity index (χ3n) is 5.47. The monoisotopic (exact) mass is 431 g/mol. The number of hydrogen-bond acceptors (Lipinski definition) is 6. The topological polar surface area (TPSA) is 65.3 Å². The Morgan fingerprint density at radius 1 is 0.906 bits per heavy atom. The van der Waals surface area contributed by atoms with Gasteiger partial charge in [-0.25, -0.2) is 4.98 Å². The molecule has 2 aromatic carbocycles. The Hall–Kier alpha value is -3.61. The maximum absolute atomic E-state index is 5.51. The number of methoxy groups -OCH3 is 2. The number of anilines is 2. The molecule has 0 aliphatic heterocycles. The lowest BCUT2D eigenvalue weighted by molar-refractivity contribution is 0.394. The third-order valence-corrected chi connectivity index (χ3v) is 5.47. The van der Waals surface area contributed by atoms with Gasteiger partial charge in [0.15, 0.2) is 0 Å². The molecule has 0 amide bonds. The standard InChI is InChI=1S/C25H29N5O2/c1-5-6-7-10-30(20-11-21(31-3)14-22(12-20)32-4)19-8-9-23-24(13-19)28-25(16-26-23)18-15-27-29(2)17-18/h8-9,11-17H,5-7,10H2,1-4H3. The molecule has 4 aromatic rings. The van der Waals surface area contributed by atoms with Gasteiger partial charge >= 0.3 is 0 Å². The van der Waals surface area contributed by atoms with Crippen molar-refractivity contribution in [3.63, 3.8) is 0 Å². The fraction of sp³-hybridized carbons (Fsp3) is 0.320. The van der Waals surface area contributed by atoms with E-state index >= 15 is 0 Å². The number of nitrogens with zero attached hydrogens (tertiary/aromatic N) is 5. The van der Waals surface area contributed by atoms with Gasteiger partial charge in [0.25, 0.3) is 0 Å². The number of ether oxygens (including phenoxy) is 2. The van der Waals surface area contributed by atoms with Gasteiger partial charge in [0.05, 0.1) is 43.3 Å². The smallest absolute Gasteiger partial charge is 0.124 e. The van der Waals surface area contributed by atoms with Crippen LogP contribution in [0.1, 0.15) is 26.2 Å². The number of hydrogen-bond donors (Lipinski definition) is 0. The molecule has 7 nitrogen and oxygen atoms in total. The Morgan fingerprint density at radius 2 is 1.69 bits per heavy atom. The molecule has 7 heteroatoms. The normalized spacial score (nSPS) is 11.0. The van der Waals surface area contributed by atoms with Crippen LogP contribution in [-0.2, 0) is 7.05 Å². The van der Waals surface area contributed by atoms with E-state index in [1.54, 1.807) is 31.3 Å². The first kappa shape index (κ1) is 21.6. The molecule has 0 spiro atoms. The van der Waals surface area contributed by atoms with Crippen molar-refractivity contribution < 1.29 is 9.47 Å². The highest BCUT2D eigenvalue weighted by atomic mass is 16.5. The summed E-state index contributed by atoms with van der Waals surface area (Å²) in [5, 5.41) is 4.25. The highest BCUT2D eigenvalue weighted by Crippen LogP contribution is 2.34. The van der Waals surface area contributed by atoms with E-state index in [9.17, 15) is 0 Å². The van der Waals surface area contributed by atoms with Gasteiger partial charge in [0.1, 0.15) is 11.5 Å². The molecule has 0 unspecified atom stereocenters. The Bertz CT molecular complexity index is 1180. The molecule has 0 saturated heterocycles. The van der Waals surface area contributed by atoms with Crippen molar-refractivity contribution in [3.8, 4) is 22.8 Å². The summed E-state index contributed by atoms with van der Waals surface area (Å²) in [6.07, 6.45) is 8.95. The number of benzene rings is 2. The van der Waals surface area contributed by atoms with Gasteiger partial charge in [0.2, 0.25) is 0 Å². The van der Waals surface area contributed by atoms with Gasteiger partial charge < -0.3 is 14.4 Å². The van der Waals surface area contributed by atoms with Crippen LogP contribution in [0, 0.1) is 0 Å². The second kappa shape index (κ2) is 9.68. The van der Waals surface area contributed by atoms with Crippen LogP contribution in [0.25, 0.3) is 22.3 Å². The fourth-order valence-corrected chi connectivity index (χ4v) is 3.74. The summed E-state index contributed by atoms with van der Waals surface area (Å²) < 4.78 is 12.8. The van der Waals surface area contributed by atoms with E-state index in [0.717, 1.165) is 71.0 Å². The molecule has 0 fully saturated rings. The van der Waals surface area contributed by atoms with E-state index in [2.05, 4.69) is 34.0 Å². The first-order valence-corrected chi connectivity index (χ1v) is 10.9. The molecule has 0 atom stereocenters. The largest absolute Gasteiger partial charge is 0.497 e. The van der Waals surface area contributed by atoms with Crippen molar-refractivity contribution in [2.75, 3.05) is 25.7 Å². The number of unbranched alkanes of at least 4 members (excludes halogenated alkanes) is 2. The minimum absolute atomic E-state index is 0.763. The Balaban J connectivity index is 1.77. The number of rotatable bonds is 9. The molecule has 2 heterocycles. The summed E-state index contributed by atoms with van der Waals surface area (Å²) in [4.78, 5) is 11.8. The molecule has 0 saturated carbocycles. The van der Waals surface area contributed by atoms with Gasteiger partial charge in [-0.05, 0) is 24.6 Å². The lowest BCUT2D eigenvalue weighted by Crippen LogP contribution is -2.18. The van der Waals surface area contributed by atoms with E-state index in [0.29, 0.717) is 0 Å². The Kier molecular flexibility index (Phi) is 6.54. The maximum atomic E-state index is 5.51. The Morgan fingerprint density at radius 3 is 2.34 bits per heavy atom. The average molecular weight is 432 g/mol. The molecule has 0 aliphatic carbocycles. The van der Waals surface area contributed by atoms with E-state index in [1.807, 2.05) is 37.5 Å². The van der Waals surface area contributed by atoms with Gasteiger partial charge in [0, 0.05) is 54.9 Å². The maximum Gasteiger partial charge on any atom is 0.124 e. The van der Waals surface area contributed by atoms with E-state index < -0.39 is 0 Å². The van der Waals surface area contributed by atoms with E-state index in [1.165, 1.54) is 0 Å². The highest BCUT2D eigenvalue weighted by Gasteiger charge is 2.14. The lowest BCUT2D eigenvalue weighted by Gasteiger charge is -2.26. The van der Waals surface area contributed by atoms with Crippen LogP contribution in [0.2, 0.25) is 0 Å². The number of aromatic nitrogens is 4. The molecule has 2 aromatic heterocycles. The summed E-state index contributed by atoms with van der Waals surface area (Å²) in [6, 6.07) is 12.2. The van der Waals surface area contributed by atoms with Crippen molar-refractivity contribution >= 4 is 22.4 Å². The van der Waals surface area contributed by atoms with Crippen LogP contribution < -0.4 is 14.4 Å². The minimum Gasteiger partial charge on any atom is -0.497 e. The number of fused-ring (bicyclic) bond motifs is 1. The quantitative estimate of drug-likeness (QED) is 0.332. The van der Waals surface area contributed by atoms with Crippen molar-refractivity contribution in [2.45, 2.75) is 26.2 Å². The van der Waals surface area contributed by atoms with Crippen LogP contribution in [0.4, 0.5) is 11.4 Å². The van der Waals surface area contributed by atoms with Crippen LogP contribution in [-0.4, -0.2) is 40.5 Å². The molecule has 0 bridgehead atoms. The van der Waals surface area contributed by atoms with Crippen LogP contribution in [0.3, 0.4) is 0 Å². The number of aryl methyl sites for hydroxylation is 1. The fourth-order valence-electron chi connectivity index (χ4n) is 3.74. The van der Waals surface area contributed by atoms with Crippen molar-refractivity contribution in [1.29, 1.82) is 0 Å². The first-order valence-electron chi connectivity index (χ1n) is 10.9. The lowest BCUT2D eigenvalue weighted by atomic mass is 10.1. The summed E-state index contributed by atoms with van der Waals surface area (Å²) in [6.45, 7) is 3.09. The zero-order chi connectivity index (χ0) is 22.5. The molecular formula is C25H29N5O2. The predicted molar refractivity (Wildman–Crippen MR) is 128 cm³/mol. The SMILES string of the molecule is CCCCCN(c1cc(OC)cc(OC)c1)c1ccc2ncc(-c3cnn(C)c3)nc2c1. The summed E-state index contributed by atoms with van der Waals surface area (Å²) in [7, 11) is 5.24.